The van der Waals surface area contributed by atoms with E-state index in [0.29, 0.717) is 23.8 Å². The smallest absolute Gasteiger partial charge is 0.216 e. The average Bonchev–Trinajstić information content (AvgIpc) is 2.59. The number of carbonyl (C=O) groups is 1. The van der Waals surface area contributed by atoms with Crippen LogP contribution in [0.1, 0.15) is 0 Å². The summed E-state index contributed by atoms with van der Waals surface area (Å²) in [6, 6.07) is 0. The van der Waals surface area contributed by atoms with Crippen LogP contribution in [0.15, 0.2) is 28.7 Å². The van der Waals surface area contributed by atoms with E-state index >= 15 is 0 Å². The molecule has 0 spiro atoms. The number of nitrogens with zero attached hydrogens (tertiary/aromatic N) is 2. The molecule has 0 unspecified atom stereocenters. The highest BCUT2D eigenvalue weighted by Crippen LogP contribution is 2.18. The first kappa shape index (κ1) is 8.00. The van der Waals surface area contributed by atoms with E-state index in [4.69, 9.17) is 4.74 Å². The second-order valence-corrected chi connectivity index (χ2v) is 2.64. The summed E-state index contributed by atoms with van der Waals surface area (Å²) >= 11 is 0. The summed E-state index contributed by atoms with van der Waals surface area (Å²) in [6.07, 6.45) is 4.31. The SMILES string of the molecule is COC1=NC2=C(C=O)CNN2C=C1. The van der Waals surface area contributed by atoms with Crippen LogP contribution in [0.5, 0.6) is 0 Å². The monoisotopic (exact) mass is 179 g/mol. The van der Waals surface area contributed by atoms with Crippen LogP contribution in [0.4, 0.5) is 0 Å². The maximum atomic E-state index is 10.6. The van der Waals surface area contributed by atoms with Gasteiger partial charge in [0.25, 0.3) is 0 Å². The highest BCUT2D eigenvalue weighted by molar-refractivity contribution is 5.90. The van der Waals surface area contributed by atoms with Gasteiger partial charge in [0.05, 0.1) is 12.7 Å². The first-order valence-corrected chi connectivity index (χ1v) is 3.87. The minimum absolute atomic E-state index is 0.509. The quantitative estimate of drug-likeness (QED) is 0.566. The Morgan fingerprint density at radius 1 is 1.77 bits per heavy atom. The Labute approximate surface area is 75.4 Å². The van der Waals surface area contributed by atoms with Gasteiger partial charge in [-0.15, -0.1) is 0 Å². The molecule has 0 amide bonds. The van der Waals surface area contributed by atoms with Crippen LogP contribution in [0.2, 0.25) is 0 Å². The second-order valence-electron chi connectivity index (χ2n) is 2.64. The van der Waals surface area contributed by atoms with Crippen molar-refractivity contribution in [2.45, 2.75) is 0 Å². The maximum Gasteiger partial charge on any atom is 0.216 e. The van der Waals surface area contributed by atoms with E-state index in [0.717, 1.165) is 6.29 Å². The number of aliphatic imine (C=N–C) groups is 1. The second kappa shape index (κ2) is 3.02. The van der Waals surface area contributed by atoms with Crippen molar-refractivity contribution in [1.29, 1.82) is 0 Å². The summed E-state index contributed by atoms with van der Waals surface area (Å²) in [7, 11) is 1.54. The molecule has 5 heteroatoms. The summed E-state index contributed by atoms with van der Waals surface area (Å²) in [4.78, 5) is 14.7. The lowest BCUT2D eigenvalue weighted by Gasteiger charge is -2.18. The van der Waals surface area contributed by atoms with Gasteiger partial charge < -0.3 is 4.74 Å². The standard InChI is InChI=1S/C8H9N3O2/c1-13-7-2-3-11-8(10-7)6(5-12)4-9-11/h2-3,5,9H,4H2,1H3. The molecule has 2 rings (SSSR count). The zero-order chi connectivity index (χ0) is 9.26. The zero-order valence-corrected chi connectivity index (χ0v) is 7.15. The minimum atomic E-state index is 0.509. The van der Waals surface area contributed by atoms with Crippen LogP contribution in [0, 0.1) is 0 Å². The lowest BCUT2D eigenvalue weighted by atomic mass is 10.3. The van der Waals surface area contributed by atoms with Crippen molar-refractivity contribution >= 4 is 12.2 Å². The van der Waals surface area contributed by atoms with Crippen molar-refractivity contribution < 1.29 is 9.53 Å². The van der Waals surface area contributed by atoms with Gasteiger partial charge in [-0.25, -0.2) is 5.43 Å². The molecule has 2 heterocycles. The molecular formula is C8H9N3O2. The largest absolute Gasteiger partial charge is 0.481 e. The van der Waals surface area contributed by atoms with Crippen molar-refractivity contribution in [3.63, 3.8) is 0 Å². The van der Waals surface area contributed by atoms with Crippen molar-refractivity contribution in [3.8, 4) is 0 Å². The van der Waals surface area contributed by atoms with Gasteiger partial charge in [-0.05, 0) is 0 Å². The molecule has 0 saturated carbocycles. The van der Waals surface area contributed by atoms with Gasteiger partial charge in [0, 0.05) is 18.8 Å². The lowest BCUT2D eigenvalue weighted by molar-refractivity contribution is -0.104. The normalized spacial score (nSPS) is 20.1. The van der Waals surface area contributed by atoms with E-state index in [1.165, 1.54) is 0 Å². The number of rotatable bonds is 1. The highest BCUT2D eigenvalue weighted by atomic mass is 16.5. The molecule has 0 aromatic heterocycles. The molecule has 0 bridgehead atoms. The van der Waals surface area contributed by atoms with E-state index < -0.39 is 0 Å². The molecule has 0 radical (unpaired) electrons. The fourth-order valence-corrected chi connectivity index (χ4v) is 1.22. The number of methoxy groups -OCH3 is 1. The number of carbonyl (C=O) groups excluding carboxylic acids is 1. The number of hydrazine groups is 1. The Kier molecular flexibility index (Phi) is 1.86. The predicted octanol–water partition coefficient (Wildman–Crippen LogP) is -0.211. The molecule has 0 aromatic carbocycles. The fourth-order valence-electron chi connectivity index (χ4n) is 1.22. The van der Waals surface area contributed by atoms with Crippen LogP contribution in [0.25, 0.3) is 0 Å². The zero-order valence-electron chi connectivity index (χ0n) is 7.15. The number of aldehydes is 1. The molecule has 2 aliphatic rings. The van der Waals surface area contributed by atoms with E-state index in [1.807, 2.05) is 0 Å². The molecule has 2 aliphatic heterocycles. The molecule has 5 nitrogen and oxygen atoms in total. The predicted molar refractivity (Wildman–Crippen MR) is 46.5 cm³/mol. The van der Waals surface area contributed by atoms with E-state index in [-0.39, 0.29) is 0 Å². The van der Waals surface area contributed by atoms with Crippen molar-refractivity contribution in [3.05, 3.63) is 23.7 Å². The molecular weight excluding hydrogens is 170 g/mol. The minimum Gasteiger partial charge on any atom is -0.481 e. The summed E-state index contributed by atoms with van der Waals surface area (Å²) in [5, 5.41) is 1.70. The van der Waals surface area contributed by atoms with Gasteiger partial charge in [0.15, 0.2) is 12.1 Å². The first-order chi connectivity index (χ1) is 6.35. The van der Waals surface area contributed by atoms with Gasteiger partial charge in [0.1, 0.15) is 0 Å². The summed E-state index contributed by atoms with van der Waals surface area (Å²) in [5.41, 5.74) is 3.62. The number of fused-ring (bicyclic) bond motifs is 1. The molecule has 0 saturated heterocycles. The summed E-state index contributed by atoms with van der Waals surface area (Å²) < 4.78 is 4.95. The van der Waals surface area contributed by atoms with Crippen LogP contribution >= 0.6 is 0 Å². The van der Waals surface area contributed by atoms with E-state index in [2.05, 4.69) is 10.4 Å². The number of ether oxygens (including phenoxy) is 1. The van der Waals surface area contributed by atoms with Gasteiger partial charge in [0.2, 0.25) is 5.90 Å². The van der Waals surface area contributed by atoms with Crippen LogP contribution < -0.4 is 5.43 Å². The Bertz CT molecular complexity index is 330. The molecule has 0 aliphatic carbocycles. The number of hydrogen-bond acceptors (Lipinski definition) is 5. The number of hydrogen-bond donors (Lipinski definition) is 1. The van der Waals surface area contributed by atoms with Crippen LogP contribution in [0.3, 0.4) is 0 Å². The lowest BCUT2D eigenvalue weighted by Crippen LogP contribution is -2.28. The van der Waals surface area contributed by atoms with Crippen LogP contribution in [-0.2, 0) is 9.53 Å². The third-order valence-corrected chi connectivity index (χ3v) is 1.89. The molecule has 0 aromatic rings. The highest BCUT2D eigenvalue weighted by Gasteiger charge is 2.22. The van der Waals surface area contributed by atoms with Crippen molar-refractivity contribution in [2.24, 2.45) is 4.99 Å². The van der Waals surface area contributed by atoms with Gasteiger partial charge in [-0.1, -0.05) is 0 Å². The van der Waals surface area contributed by atoms with E-state index in [9.17, 15) is 4.79 Å². The third kappa shape index (κ3) is 1.23. The first-order valence-electron chi connectivity index (χ1n) is 3.87. The molecule has 13 heavy (non-hydrogen) atoms. The topological polar surface area (TPSA) is 53.9 Å². The maximum absolute atomic E-state index is 10.6. The molecule has 0 atom stereocenters. The molecule has 1 N–H and O–H groups in total. The Morgan fingerprint density at radius 3 is 3.31 bits per heavy atom. The summed E-state index contributed by atoms with van der Waals surface area (Å²) in [6.45, 7) is 0.518. The summed E-state index contributed by atoms with van der Waals surface area (Å²) in [5.74, 6) is 1.13. The van der Waals surface area contributed by atoms with Gasteiger partial charge in [-0.2, -0.15) is 4.99 Å². The van der Waals surface area contributed by atoms with Crippen molar-refractivity contribution in [2.75, 3.05) is 13.7 Å². The van der Waals surface area contributed by atoms with Gasteiger partial charge in [-0.3, -0.25) is 9.80 Å². The van der Waals surface area contributed by atoms with Gasteiger partial charge >= 0.3 is 0 Å². The fraction of sp³-hybridized carbons (Fsp3) is 0.250. The Morgan fingerprint density at radius 2 is 2.62 bits per heavy atom. The average molecular weight is 179 g/mol. The third-order valence-electron chi connectivity index (χ3n) is 1.89. The van der Waals surface area contributed by atoms with E-state index in [1.54, 1.807) is 24.4 Å². The molecule has 0 fully saturated rings. The Hall–Kier alpha value is -1.62. The Balaban J connectivity index is 2.37. The van der Waals surface area contributed by atoms with Crippen LogP contribution in [-0.4, -0.2) is 30.8 Å². The number of nitrogens with one attached hydrogen (secondary N) is 1. The molecule has 68 valence electrons. The van der Waals surface area contributed by atoms with Crippen molar-refractivity contribution in [1.82, 2.24) is 10.4 Å².